The number of nitrogens with zero attached hydrogens (tertiary/aromatic N) is 2. The van der Waals surface area contributed by atoms with Gasteiger partial charge in [0, 0.05) is 25.3 Å². The van der Waals surface area contributed by atoms with Crippen LogP contribution in [0, 0.1) is 11.3 Å². The summed E-state index contributed by atoms with van der Waals surface area (Å²) in [6.07, 6.45) is 4.95. The highest BCUT2D eigenvalue weighted by Gasteiger charge is 2.40. The van der Waals surface area contributed by atoms with Gasteiger partial charge in [-0.3, -0.25) is 0 Å². The smallest absolute Gasteiger partial charge is 0.157 e. The number of benzene rings is 1. The third-order valence-electron chi connectivity index (χ3n) is 4.69. The number of hydrogen-bond acceptors (Lipinski definition) is 4. The summed E-state index contributed by atoms with van der Waals surface area (Å²) in [5.41, 5.74) is 0.581. The first kappa shape index (κ1) is 15.3. The van der Waals surface area contributed by atoms with E-state index in [4.69, 9.17) is 9.47 Å². The van der Waals surface area contributed by atoms with Gasteiger partial charge in [-0.05, 0) is 44.7 Å². The summed E-state index contributed by atoms with van der Waals surface area (Å²) < 4.78 is 11.8. The van der Waals surface area contributed by atoms with E-state index in [1.807, 2.05) is 25.1 Å². The number of ether oxygens (including phenoxy) is 2. The molecule has 2 heterocycles. The van der Waals surface area contributed by atoms with Crippen molar-refractivity contribution in [2.24, 2.45) is 0 Å². The van der Waals surface area contributed by atoms with E-state index >= 15 is 0 Å². The van der Waals surface area contributed by atoms with Crippen LogP contribution in [-0.2, 0) is 9.47 Å². The quantitative estimate of drug-likeness (QED) is 0.857. The number of rotatable bonds is 3. The van der Waals surface area contributed by atoms with Gasteiger partial charge >= 0.3 is 0 Å². The Balaban J connectivity index is 1.68. The van der Waals surface area contributed by atoms with Crippen LogP contribution in [0.25, 0.3) is 0 Å². The highest BCUT2D eigenvalue weighted by atomic mass is 16.7. The van der Waals surface area contributed by atoms with Gasteiger partial charge in [0.15, 0.2) is 6.29 Å². The number of nitriles is 1. The van der Waals surface area contributed by atoms with Gasteiger partial charge in [0.05, 0.1) is 12.2 Å². The van der Waals surface area contributed by atoms with E-state index in [0.717, 1.165) is 44.5 Å². The fraction of sp³-hybridized carbons (Fsp3) is 0.611. The van der Waals surface area contributed by atoms with Gasteiger partial charge in [-0.25, -0.2) is 0 Å². The molecule has 0 aliphatic carbocycles. The molecule has 22 heavy (non-hydrogen) atoms. The molecule has 1 aromatic carbocycles. The maximum Gasteiger partial charge on any atom is 0.157 e. The molecule has 2 aliphatic heterocycles. The Hall–Kier alpha value is -1.57. The molecule has 2 saturated heterocycles. The van der Waals surface area contributed by atoms with Gasteiger partial charge in [0.2, 0.25) is 0 Å². The summed E-state index contributed by atoms with van der Waals surface area (Å²) in [6, 6.07) is 12.7. The molecule has 0 radical (unpaired) electrons. The van der Waals surface area contributed by atoms with Crippen LogP contribution in [0.3, 0.4) is 0 Å². The molecule has 0 aromatic heterocycles. The second kappa shape index (κ2) is 6.68. The average Bonchev–Trinajstić information content (AvgIpc) is 2.57. The molecule has 2 aliphatic rings. The maximum atomic E-state index is 9.73. The van der Waals surface area contributed by atoms with Gasteiger partial charge in [-0.2, -0.15) is 5.26 Å². The first-order valence-corrected chi connectivity index (χ1v) is 8.22. The van der Waals surface area contributed by atoms with Crippen molar-refractivity contribution in [1.82, 2.24) is 0 Å². The minimum absolute atomic E-state index is 0.0787. The lowest BCUT2D eigenvalue weighted by Crippen LogP contribution is -2.54. The molecular formula is C18H24N2O2. The summed E-state index contributed by atoms with van der Waals surface area (Å²) >= 11 is 0. The van der Waals surface area contributed by atoms with Crippen molar-refractivity contribution >= 4 is 5.69 Å². The Morgan fingerprint density at radius 3 is 2.77 bits per heavy atom. The van der Waals surface area contributed by atoms with Gasteiger partial charge in [0.25, 0.3) is 0 Å². The molecule has 1 aromatic rings. The predicted molar refractivity (Wildman–Crippen MR) is 85.5 cm³/mol. The number of piperidine rings is 1. The molecule has 0 saturated carbocycles. The van der Waals surface area contributed by atoms with Crippen molar-refractivity contribution in [1.29, 1.82) is 5.26 Å². The van der Waals surface area contributed by atoms with E-state index in [-0.39, 0.29) is 12.4 Å². The Morgan fingerprint density at radius 2 is 2.09 bits per heavy atom. The Labute approximate surface area is 132 Å². The monoisotopic (exact) mass is 300 g/mol. The molecule has 2 fully saturated rings. The van der Waals surface area contributed by atoms with Crippen molar-refractivity contribution < 1.29 is 9.47 Å². The molecule has 1 unspecified atom stereocenters. The van der Waals surface area contributed by atoms with Crippen molar-refractivity contribution in [3.63, 3.8) is 0 Å². The summed E-state index contributed by atoms with van der Waals surface area (Å²) in [7, 11) is 0. The van der Waals surface area contributed by atoms with Gasteiger partial charge in [-0.15, -0.1) is 0 Å². The van der Waals surface area contributed by atoms with E-state index in [0.29, 0.717) is 0 Å². The summed E-state index contributed by atoms with van der Waals surface area (Å²) in [5, 5.41) is 9.73. The van der Waals surface area contributed by atoms with Gasteiger partial charge in [0.1, 0.15) is 5.54 Å². The molecular weight excluding hydrogens is 276 g/mol. The van der Waals surface area contributed by atoms with Crippen LogP contribution in [0.15, 0.2) is 30.3 Å². The van der Waals surface area contributed by atoms with Crippen LogP contribution in [0.5, 0.6) is 0 Å². The van der Waals surface area contributed by atoms with Crippen molar-refractivity contribution in [2.75, 3.05) is 18.1 Å². The van der Waals surface area contributed by atoms with E-state index in [1.54, 1.807) is 0 Å². The summed E-state index contributed by atoms with van der Waals surface area (Å²) in [4.78, 5) is 2.20. The normalized spacial score (nSPS) is 32.5. The summed E-state index contributed by atoms with van der Waals surface area (Å²) in [5.74, 6) is 0. The van der Waals surface area contributed by atoms with Crippen molar-refractivity contribution in [2.45, 2.75) is 57.0 Å². The Morgan fingerprint density at radius 1 is 1.27 bits per heavy atom. The number of anilines is 1. The number of para-hydroxylation sites is 1. The van der Waals surface area contributed by atoms with Crippen LogP contribution in [0.4, 0.5) is 5.69 Å². The lowest BCUT2D eigenvalue weighted by Gasteiger charge is -2.45. The van der Waals surface area contributed by atoms with E-state index in [1.165, 1.54) is 6.42 Å². The molecule has 0 bridgehead atoms. The topological polar surface area (TPSA) is 45.5 Å². The molecule has 0 N–H and O–H groups in total. The van der Waals surface area contributed by atoms with Crippen LogP contribution in [0.1, 0.15) is 39.0 Å². The molecule has 0 spiro atoms. The molecule has 4 nitrogen and oxygen atoms in total. The average molecular weight is 300 g/mol. The molecule has 118 valence electrons. The van der Waals surface area contributed by atoms with Crippen molar-refractivity contribution in [3.8, 4) is 6.07 Å². The fourth-order valence-corrected chi connectivity index (χ4v) is 3.45. The zero-order chi connectivity index (χ0) is 15.4. The second-order valence-electron chi connectivity index (χ2n) is 6.42. The molecule has 3 rings (SSSR count). The first-order chi connectivity index (χ1) is 10.7. The lowest BCUT2D eigenvalue weighted by atomic mass is 9.87. The minimum atomic E-state index is -0.529. The van der Waals surface area contributed by atoms with E-state index < -0.39 is 5.54 Å². The van der Waals surface area contributed by atoms with E-state index in [9.17, 15) is 5.26 Å². The van der Waals surface area contributed by atoms with Gasteiger partial charge in [-0.1, -0.05) is 18.2 Å². The van der Waals surface area contributed by atoms with Crippen LogP contribution in [0.2, 0.25) is 0 Å². The molecule has 0 amide bonds. The Kier molecular flexibility index (Phi) is 4.66. The van der Waals surface area contributed by atoms with Gasteiger partial charge < -0.3 is 14.4 Å². The first-order valence-electron chi connectivity index (χ1n) is 8.22. The van der Waals surface area contributed by atoms with Crippen LogP contribution in [-0.4, -0.2) is 31.1 Å². The number of hydrogen-bond donors (Lipinski definition) is 0. The highest BCUT2D eigenvalue weighted by molar-refractivity contribution is 5.51. The zero-order valence-corrected chi connectivity index (χ0v) is 13.2. The zero-order valence-electron chi connectivity index (χ0n) is 13.2. The standard InChI is InChI=1S/C18H24N2O2/c1-18(14-19)13-16(22-17-9-5-6-12-21-17)10-11-20(18)15-7-3-2-4-8-15/h2-4,7-8,16-17H,5-6,9-13H2,1H3/t16-,17?,18-/m1/s1. The lowest BCUT2D eigenvalue weighted by molar-refractivity contribution is -0.193. The SMILES string of the molecule is C[C@]1(C#N)C[C@H](OC2CCCCO2)CCN1c1ccccc1. The van der Waals surface area contributed by atoms with Crippen LogP contribution >= 0.6 is 0 Å². The largest absolute Gasteiger partial charge is 0.353 e. The third kappa shape index (κ3) is 3.26. The second-order valence-corrected chi connectivity index (χ2v) is 6.42. The fourth-order valence-electron chi connectivity index (χ4n) is 3.45. The maximum absolute atomic E-state index is 9.73. The molecule has 3 atom stereocenters. The van der Waals surface area contributed by atoms with Crippen molar-refractivity contribution in [3.05, 3.63) is 30.3 Å². The van der Waals surface area contributed by atoms with E-state index in [2.05, 4.69) is 23.1 Å². The highest BCUT2D eigenvalue weighted by Crippen LogP contribution is 2.34. The molecule has 4 heteroatoms. The van der Waals surface area contributed by atoms with Crippen LogP contribution < -0.4 is 4.90 Å². The summed E-state index contributed by atoms with van der Waals surface area (Å²) in [6.45, 7) is 3.64. The predicted octanol–water partition coefficient (Wildman–Crippen LogP) is 3.48. The minimum Gasteiger partial charge on any atom is -0.353 e. The Bertz CT molecular complexity index is 522. The third-order valence-corrected chi connectivity index (χ3v) is 4.69.